The fraction of sp³-hybridized carbons (Fsp3) is 0.362. The molecule has 5 aromatic rings. The lowest BCUT2D eigenvalue weighted by atomic mass is 9.99. The lowest BCUT2D eigenvalue weighted by molar-refractivity contribution is -0.137. The molecule has 0 saturated carbocycles. The summed E-state index contributed by atoms with van der Waals surface area (Å²) in [5, 5.41) is 24.7. The summed E-state index contributed by atoms with van der Waals surface area (Å²) in [6.07, 6.45) is 2.89. The molecule has 2 atom stereocenters. The van der Waals surface area contributed by atoms with Gasteiger partial charge in [-0.25, -0.2) is 0 Å². The number of carbonyl (C=O) groups is 5. The summed E-state index contributed by atoms with van der Waals surface area (Å²) in [4.78, 5) is 71.5. The van der Waals surface area contributed by atoms with Crippen LogP contribution in [0.15, 0.2) is 69.8 Å². The molecular formula is C47H48ClN9O7S. The van der Waals surface area contributed by atoms with E-state index in [9.17, 15) is 24.0 Å². The van der Waals surface area contributed by atoms with Crippen molar-refractivity contribution in [3.8, 4) is 16.5 Å². The highest BCUT2D eigenvalue weighted by Gasteiger charge is 2.40. The van der Waals surface area contributed by atoms with Crippen molar-refractivity contribution in [1.82, 2.24) is 30.3 Å². The highest BCUT2D eigenvalue weighted by Crippen LogP contribution is 2.41. The van der Waals surface area contributed by atoms with Crippen molar-refractivity contribution in [3.05, 3.63) is 110 Å². The Kier molecular flexibility index (Phi) is 13.3. The highest BCUT2D eigenvalue weighted by atomic mass is 35.5. The molecule has 16 nitrogen and oxygen atoms in total. The van der Waals surface area contributed by atoms with Crippen LogP contribution in [-0.2, 0) is 25.7 Å². The fourth-order valence-electron chi connectivity index (χ4n) is 8.35. The van der Waals surface area contributed by atoms with Gasteiger partial charge in [0.2, 0.25) is 17.7 Å². The number of ether oxygens (including phenoxy) is 2. The Hall–Kier alpha value is -6.59. The zero-order chi connectivity index (χ0) is 45.9. The maximum Gasteiger partial charge on any atom is 0.255 e. The number of carbonyl (C=O) groups excluding carboxylic acids is 5. The first-order valence-corrected chi connectivity index (χ1v) is 22.6. The zero-order valence-corrected chi connectivity index (χ0v) is 38.3. The van der Waals surface area contributed by atoms with Crippen molar-refractivity contribution in [2.24, 2.45) is 15.2 Å². The Morgan fingerprint density at radius 1 is 1.00 bits per heavy atom. The third kappa shape index (κ3) is 9.47. The number of halogens is 1. The van der Waals surface area contributed by atoms with Gasteiger partial charge in [-0.05, 0) is 88.4 Å². The Balaban J connectivity index is 0.815. The summed E-state index contributed by atoms with van der Waals surface area (Å²) in [5.74, 6) is 0.796. The Bertz CT molecular complexity index is 2780. The number of Topliss-reactive ketones (excluding diaryl/α,β-unsaturated/α-hetero) is 1. The molecule has 3 aliphatic rings. The number of azo groups is 1. The number of rotatable bonds is 16. The molecule has 336 valence electrons. The second kappa shape index (κ2) is 19.3. The van der Waals surface area contributed by atoms with Crippen LogP contribution >= 0.6 is 22.9 Å². The topological polar surface area (TPSA) is 199 Å². The summed E-state index contributed by atoms with van der Waals surface area (Å²) in [7, 11) is 1.50. The van der Waals surface area contributed by atoms with Gasteiger partial charge in [0.1, 0.15) is 29.5 Å². The van der Waals surface area contributed by atoms with Crippen molar-refractivity contribution in [2.75, 3.05) is 20.3 Å². The molecule has 65 heavy (non-hydrogen) atoms. The molecule has 2 aromatic heterocycles. The normalized spacial score (nSPS) is 16.7. The number of hydrogen-bond donors (Lipinski definition) is 2. The van der Waals surface area contributed by atoms with E-state index in [1.807, 2.05) is 42.7 Å². The van der Waals surface area contributed by atoms with E-state index in [4.69, 9.17) is 26.1 Å². The van der Waals surface area contributed by atoms with Gasteiger partial charge in [-0.2, -0.15) is 10.2 Å². The summed E-state index contributed by atoms with van der Waals surface area (Å²) in [6, 6.07) is 14.8. The van der Waals surface area contributed by atoms with E-state index < -0.39 is 18.0 Å². The van der Waals surface area contributed by atoms with Crippen molar-refractivity contribution in [2.45, 2.75) is 91.3 Å². The third-order valence-corrected chi connectivity index (χ3v) is 13.3. The number of aromatic nitrogens is 3. The number of aliphatic imine (C=N–C) groups is 1. The highest BCUT2D eigenvalue weighted by molar-refractivity contribution is 7.15. The van der Waals surface area contributed by atoms with Crippen LogP contribution in [0.3, 0.4) is 0 Å². The fourth-order valence-corrected chi connectivity index (χ4v) is 9.69. The van der Waals surface area contributed by atoms with Crippen molar-refractivity contribution < 1.29 is 33.4 Å². The first kappa shape index (κ1) is 45.0. The maximum atomic E-state index is 13.4. The number of hydrogen-bond acceptors (Lipinski definition) is 13. The molecule has 18 heteroatoms. The Morgan fingerprint density at radius 3 is 2.57 bits per heavy atom. The minimum Gasteiger partial charge on any atom is -0.493 e. The van der Waals surface area contributed by atoms with E-state index in [0.29, 0.717) is 76.2 Å². The standard InChI is InChI=1S/C47H48ClN9O7S/c1-25-20-31(53-54-35-12-9-11-33-34(35)23-56(46(33)62)37-17-18-39(59)51-45(37)61)21-38(63-5)43(25)64-24-32(58)10-7-6-8-19-49-40(60)22-36-44-55-52-28(4)57(44)47-41(26(2)27(3)65-47)42(50-36)29-13-15-30(48)16-14-29/h9,11-16,20-21,36-37H,6-8,10,17-19,22-24H2,1-5H3,(H,49,60)(H,51,59,61). The van der Waals surface area contributed by atoms with Crippen LogP contribution in [0.1, 0.15) is 106 Å². The van der Waals surface area contributed by atoms with Gasteiger partial charge in [-0.15, -0.1) is 21.5 Å². The molecule has 3 aromatic carbocycles. The average molecular weight is 918 g/mol. The molecule has 0 aliphatic carbocycles. The first-order valence-electron chi connectivity index (χ1n) is 21.5. The minimum absolute atomic E-state index is 0.0702. The quantitative estimate of drug-likeness (QED) is 0.0559. The van der Waals surface area contributed by atoms with Crippen molar-refractivity contribution in [1.29, 1.82) is 0 Å². The molecule has 0 spiro atoms. The predicted octanol–water partition coefficient (Wildman–Crippen LogP) is 8.01. The van der Waals surface area contributed by atoms with Crippen molar-refractivity contribution in [3.63, 3.8) is 0 Å². The molecular weight excluding hydrogens is 870 g/mol. The summed E-state index contributed by atoms with van der Waals surface area (Å²) >= 11 is 7.90. The number of aryl methyl sites for hydroxylation is 3. The minimum atomic E-state index is -0.736. The van der Waals surface area contributed by atoms with Gasteiger partial charge in [-0.3, -0.25) is 38.8 Å². The Labute approximate surface area is 384 Å². The number of nitrogens with zero attached hydrogens (tertiary/aromatic N) is 7. The van der Waals surface area contributed by atoms with E-state index in [-0.39, 0.29) is 55.9 Å². The second-order valence-electron chi connectivity index (χ2n) is 16.3. The molecule has 1 saturated heterocycles. The molecule has 1 fully saturated rings. The lowest BCUT2D eigenvalue weighted by Crippen LogP contribution is -2.52. The number of benzene rings is 3. The van der Waals surface area contributed by atoms with E-state index in [1.165, 1.54) is 16.9 Å². The van der Waals surface area contributed by atoms with Gasteiger partial charge in [0.15, 0.2) is 23.1 Å². The number of amides is 4. The van der Waals surface area contributed by atoms with Gasteiger partial charge in [0.05, 0.1) is 30.6 Å². The van der Waals surface area contributed by atoms with Crippen LogP contribution in [0.2, 0.25) is 5.02 Å². The van der Waals surface area contributed by atoms with Crippen LogP contribution in [0.5, 0.6) is 11.5 Å². The molecule has 2 unspecified atom stereocenters. The molecule has 0 radical (unpaired) electrons. The van der Waals surface area contributed by atoms with Gasteiger partial charge in [0, 0.05) is 64.2 Å². The summed E-state index contributed by atoms with van der Waals surface area (Å²) < 4.78 is 13.6. The zero-order valence-electron chi connectivity index (χ0n) is 36.7. The number of fused-ring (bicyclic) bond motifs is 4. The van der Waals surface area contributed by atoms with Crippen molar-refractivity contribution >= 4 is 69.4 Å². The number of piperidine rings is 1. The van der Waals surface area contributed by atoms with E-state index in [2.05, 4.69) is 44.9 Å². The van der Waals surface area contributed by atoms with Crippen LogP contribution in [0.4, 0.5) is 11.4 Å². The Morgan fingerprint density at radius 2 is 1.80 bits per heavy atom. The number of ketones is 1. The van der Waals surface area contributed by atoms with Gasteiger partial charge in [0.25, 0.3) is 5.91 Å². The monoisotopic (exact) mass is 917 g/mol. The summed E-state index contributed by atoms with van der Waals surface area (Å²) in [5.41, 5.74) is 6.54. The first-order chi connectivity index (χ1) is 31.3. The maximum absolute atomic E-state index is 13.4. The van der Waals surface area contributed by atoms with E-state index in [0.717, 1.165) is 39.6 Å². The molecule has 0 bridgehead atoms. The largest absolute Gasteiger partial charge is 0.493 e. The second-order valence-corrected chi connectivity index (χ2v) is 17.9. The lowest BCUT2D eigenvalue weighted by Gasteiger charge is -2.29. The van der Waals surface area contributed by atoms with Crippen LogP contribution in [-0.4, -0.2) is 81.1 Å². The van der Waals surface area contributed by atoms with Crippen LogP contribution in [0, 0.1) is 27.7 Å². The summed E-state index contributed by atoms with van der Waals surface area (Å²) in [6.45, 7) is 8.38. The predicted molar refractivity (Wildman–Crippen MR) is 244 cm³/mol. The molecule has 2 N–H and O–H groups in total. The number of thiophene rings is 1. The van der Waals surface area contributed by atoms with Crippen LogP contribution in [0.25, 0.3) is 5.00 Å². The number of unbranched alkanes of at least 4 members (excludes halogenated alkanes) is 2. The van der Waals surface area contributed by atoms with Gasteiger partial charge < -0.3 is 19.7 Å². The smallest absolute Gasteiger partial charge is 0.255 e. The molecule has 3 aliphatic heterocycles. The molecule has 8 rings (SSSR count). The van der Waals surface area contributed by atoms with E-state index in [1.54, 1.807) is 41.7 Å². The average Bonchev–Trinajstić information content (AvgIpc) is 3.90. The van der Waals surface area contributed by atoms with E-state index >= 15 is 0 Å². The number of imide groups is 1. The number of nitrogens with one attached hydrogen (secondary N) is 2. The SMILES string of the molecule is COc1cc(N=Nc2cccc3c2CN(C2CCC(=O)NC2=O)C3=O)cc(C)c1OCC(=O)CCCCCNC(=O)CC1N=C(c2ccc(Cl)cc2)c2c(sc(C)c2C)-n2c(C)nnc21. The molecule has 4 amide bonds. The molecule has 5 heterocycles. The van der Waals surface area contributed by atoms with Gasteiger partial charge in [-0.1, -0.05) is 36.2 Å². The van der Waals surface area contributed by atoms with Gasteiger partial charge >= 0.3 is 0 Å². The third-order valence-electron chi connectivity index (χ3n) is 11.8. The van der Waals surface area contributed by atoms with Crippen LogP contribution < -0.4 is 20.1 Å². The number of methoxy groups -OCH3 is 1.